The predicted molar refractivity (Wildman–Crippen MR) is 116 cm³/mol. The van der Waals surface area contributed by atoms with Crippen molar-refractivity contribution in [3.8, 4) is 11.5 Å². The van der Waals surface area contributed by atoms with Gasteiger partial charge in [-0.15, -0.1) is 0 Å². The van der Waals surface area contributed by atoms with Gasteiger partial charge < -0.3 is 20.1 Å². The van der Waals surface area contributed by atoms with Crippen LogP contribution < -0.4 is 20.1 Å². The zero-order chi connectivity index (χ0) is 21.4. The smallest absolute Gasteiger partial charge is 0.258 e. The third kappa shape index (κ3) is 3.64. The van der Waals surface area contributed by atoms with Crippen LogP contribution in [0.3, 0.4) is 0 Å². The number of amides is 2. The summed E-state index contributed by atoms with van der Waals surface area (Å²) in [5.74, 6) is 1.55. The Balaban J connectivity index is 1.26. The Labute approximate surface area is 182 Å². The number of methoxy groups -OCH3 is 1. The molecule has 2 bridgehead atoms. The van der Waals surface area contributed by atoms with Crippen molar-refractivity contribution >= 4 is 11.8 Å². The van der Waals surface area contributed by atoms with Gasteiger partial charge in [0.05, 0.1) is 12.7 Å². The summed E-state index contributed by atoms with van der Waals surface area (Å²) in [6, 6.07) is 15.5. The van der Waals surface area contributed by atoms with Gasteiger partial charge in [0.25, 0.3) is 5.91 Å². The molecule has 6 heteroatoms. The second kappa shape index (κ2) is 7.91. The first-order chi connectivity index (χ1) is 15.1. The number of hydrogen-bond donors (Lipinski definition) is 2. The molecule has 162 valence electrons. The number of carbonyl (C=O) groups is 2. The highest BCUT2D eigenvalue weighted by Crippen LogP contribution is 2.52. The van der Waals surface area contributed by atoms with Crippen molar-refractivity contribution in [1.82, 2.24) is 10.6 Å². The molecule has 3 fully saturated rings. The Bertz CT molecular complexity index is 992. The highest BCUT2D eigenvalue weighted by atomic mass is 16.5. The van der Waals surface area contributed by atoms with E-state index >= 15 is 0 Å². The molecule has 3 saturated carbocycles. The number of hydrogen-bond acceptors (Lipinski definition) is 4. The van der Waals surface area contributed by atoms with Crippen LogP contribution in [0.2, 0.25) is 0 Å². The van der Waals surface area contributed by atoms with E-state index in [1.807, 2.05) is 18.2 Å². The van der Waals surface area contributed by atoms with Crippen molar-refractivity contribution in [1.29, 1.82) is 0 Å². The molecule has 4 aliphatic rings. The SMILES string of the molecule is COc1ccc2c(c1)O[C@@]1(C[C@@H]3CC[C@@H]1C[C@@H]3C(=O)NCCc1ccccc1)NC2=O. The zero-order valence-electron chi connectivity index (χ0n) is 17.7. The number of fused-ring (bicyclic) bond motifs is 3. The van der Waals surface area contributed by atoms with Gasteiger partial charge in [-0.1, -0.05) is 30.3 Å². The highest BCUT2D eigenvalue weighted by molar-refractivity contribution is 5.98. The second-order valence-electron chi connectivity index (χ2n) is 8.92. The lowest BCUT2D eigenvalue weighted by Gasteiger charge is -2.55. The van der Waals surface area contributed by atoms with Crippen molar-refractivity contribution in [2.24, 2.45) is 17.8 Å². The van der Waals surface area contributed by atoms with E-state index in [4.69, 9.17) is 9.47 Å². The molecule has 2 aromatic rings. The molecule has 3 aliphatic carbocycles. The minimum atomic E-state index is -0.722. The minimum absolute atomic E-state index is 0.0210. The first-order valence-electron chi connectivity index (χ1n) is 11.1. The quantitative estimate of drug-likeness (QED) is 0.778. The summed E-state index contributed by atoms with van der Waals surface area (Å²) in [7, 11) is 1.60. The van der Waals surface area contributed by atoms with E-state index in [9.17, 15) is 9.59 Å². The lowest BCUT2D eigenvalue weighted by Crippen LogP contribution is -2.67. The maximum absolute atomic E-state index is 12.9. The van der Waals surface area contributed by atoms with Crippen LogP contribution in [0.1, 0.15) is 41.6 Å². The minimum Gasteiger partial charge on any atom is -0.497 e. The van der Waals surface area contributed by atoms with Crippen LogP contribution in [0.15, 0.2) is 48.5 Å². The molecule has 1 aliphatic heterocycles. The maximum atomic E-state index is 12.9. The summed E-state index contributed by atoms with van der Waals surface area (Å²) in [6.07, 6.45) is 4.18. The first-order valence-corrected chi connectivity index (χ1v) is 11.1. The lowest BCUT2D eigenvalue weighted by molar-refractivity contribution is -0.146. The molecule has 0 radical (unpaired) electrons. The van der Waals surface area contributed by atoms with Crippen molar-refractivity contribution in [2.75, 3.05) is 13.7 Å². The van der Waals surface area contributed by atoms with Crippen molar-refractivity contribution in [2.45, 2.75) is 37.8 Å². The summed E-state index contributed by atoms with van der Waals surface area (Å²) >= 11 is 0. The van der Waals surface area contributed by atoms with Crippen LogP contribution in [0.4, 0.5) is 0 Å². The molecule has 1 spiro atoms. The van der Waals surface area contributed by atoms with Gasteiger partial charge in [0.1, 0.15) is 11.5 Å². The molecule has 0 unspecified atom stereocenters. The lowest BCUT2D eigenvalue weighted by atomic mass is 9.60. The van der Waals surface area contributed by atoms with Crippen LogP contribution in [-0.4, -0.2) is 31.2 Å². The van der Waals surface area contributed by atoms with Crippen LogP contribution in [0, 0.1) is 17.8 Å². The summed E-state index contributed by atoms with van der Waals surface area (Å²) < 4.78 is 11.7. The van der Waals surface area contributed by atoms with Gasteiger partial charge in [-0.3, -0.25) is 9.59 Å². The maximum Gasteiger partial charge on any atom is 0.258 e. The molecule has 2 amide bonds. The fourth-order valence-corrected chi connectivity index (χ4v) is 5.55. The van der Waals surface area contributed by atoms with Gasteiger partial charge in [0, 0.05) is 30.9 Å². The Morgan fingerprint density at radius 2 is 2.06 bits per heavy atom. The molecular formula is C25H28N2O4. The molecule has 0 saturated heterocycles. The van der Waals surface area contributed by atoms with E-state index in [0.717, 1.165) is 25.7 Å². The fraction of sp³-hybridized carbons (Fsp3) is 0.440. The Morgan fingerprint density at radius 3 is 2.81 bits per heavy atom. The molecule has 6 rings (SSSR count). The average Bonchev–Trinajstić information content (AvgIpc) is 2.79. The zero-order valence-corrected chi connectivity index (χ0v) is 17.7. The van der Waals surface area contributed by atoms with E-state index in [0.29, 0.717) is 30.0 Å². The van der Waals surface area contributed by atoms with Crippen LogP contribution in [0.25, 0.3) is 0 Å². The largest absolute Gasteiger partial charge is 0.497 e. The van der Waals surface area contributed by atoms with Gasteiger partial charge in [-0.2, -0.15) is 0 Å². The van der Waals surface area contributed by atoms with Crippen molar-refractivity contribution in [3.05, 3.63) is 59.7 Å². The van der Waals surface area contributed by atoms with Gasteiger partial charge in [-0.05, 0) is 49.3 Å². The topological polar surface area (TPSA) is 76.7 Å². The first kappa shape index (κ1) is 19.9. The molecule has 1 heterocycles. The van der Waals surface area contributed by atoms with Crippen molar-refractivity contribution < 1.29 is 19.1 Å². The number of benzene rings is 2. The number of ether oxygens (including phenoxy) is 2. The Kier molecular flexibility index (Phi) is 5.08. The van der Waals surface area contributed by atoms with Crippen LogP contribution in [-0.2, 0) is 11.2 Å². The molecule has 0 aromatic heterocycles. The van der Waals surface area contributed by atoms with Gasteiger partial charge in [-0.25, -0.2) is 0 Å². The normalized spacial score (nSPS) is 28.4. The van der Waals surface area contributed by atoms with Gasteiger partial charge >= 0.3 is 0 Å². The predicted octanol–water partition coefficient (Wildman–Crippen LogP) is 3.31. The van der Waals surface area contributed by atoms with Crippen molar-refractivity contribution in [3.63, 3.8) is 0 Å². The molecule has 6 nitrogen and oxygen atoms in total. The Morgan fingerprint density at radius 1 is 1.23 bits per heavy atom. The monoisotopic (exact) mass is 420 g/mol. The van der Waals surface area contributed by atoms with E-state index in [1.54, 1.807) is 25.3 Å². The van der Waals surface area contributed by atoms with E-state index in [1.165, 1.54) is 5.56 Å². The highest BCUT2D eigenvalue weighted by Gasteiger charge is 2.57. The summed E-state index contributed by atoms with van der Waals surface area (Å²) in [5, 5.41) is 6.28. The second-order valence-corrected chi connectivity index (χ2v) is 8.92. The fourth-order valence-electron chi connectivity index (χ4n) is 5.55. The summed E-state index contributed by atoms with van der Waals surface area (Å²) in [6.45, 7) is 0.641. The number of rotatable bonds is 5. The summed E-state index contributed by atoms with van der Waals surface area (Å²) in [4.78, 5) is 25.8. The summed E-state index contributed by atoms with van der Waals surface area (Å²) in [5.41, 5.74) is 1.03. The number of carbonyl (C=O) groups excluding carboxylic acids is 2. The van der Waals surface area contributed by atoms with E-state index in [2.05, 4.69) is 22.8 Å². The Hall–Kier alpha value is -3.02. The third-order valence-corrected chi connectivity index (χ3v) is 7.16. The molecule has 4 atom stereocenters. The number of nitrogens with one attached hydrogen (secondary N) is 2. The third-order valence-electron chi connectivity index (χ3n) is 7.16. The van der Waals surface area contributed by atoms with Gasteiger partial charge in [0.15, 0.2) is 5.72 Å². The standard InChI is InChI=1S/C25H28N2O4/c1-30-19-9-10-20-22(14-19)31-25(27-24(20)29)15-17-7-8-18(25)13-21(17)23(28)26-12-11-16-5-3-2-4-6-16/h2-6,9-10,14,17-18,21H,7-8,11-13,15H2,1H3,(H,26,28)(H,27,29)/t17-,18+,21-,25+/m0/s1. The molecule has 31 heavy (non-hydrogen) atoms. The van der Waals surface area contributed by atoms with Gasteiger partial charge in [0.2, 0.25) is 5.91 Å². The molecule has 2 N–H and O–H groups in total. The van der Waals surface area contributed by atoms with Crippen LogP contribution >= 0.6 is 0 Å². The van der Waals surface area contributed by atoms with E-state index in [-0.39, 0.29) is 29.6 Å². The molecule has 2 aromatic carbocycles. The molecular weight excluding hydrogens is 392 g/mol. The van der Waals surface area contributed by atoms with E-state index < -0.39 is 5.72 Å². The average molecular weight is 421 g/mol. The van der Waals surface area contributed by atoms with Crippen LogP contribution in [0.5, 0.6) is 11.5 Å².